The highest BCUT2D eigenvalue weighted by atomic mass is 16.3. The maximum Gasteiger partial charge on any atom is 0.234 e. The fraction of sp³-hybridized carbons (Fsp3) is 0.882. The van der Waals surface area contributed by atoms with E-state index in [1.165, 1.54) is 6.42 Å². The Morgan fingerprint density at radius 2 is 1.44 bits per heavy atom. The number of likely N-dealkylation sites (N-methyl/N-ethyl adjacent to an activating group) is 1. The molecule has 0 aliphatic heterocycles. The molecule has 0 aromatic rings. The third-order valence-electron chi connectivity index (χ3n) is 10.3. The highest BCUT2D eigenvalue weighted by Crippen LogP contribution is 2.36. The van der Waals surface area contributed by atoms with Crippen molar-refractivity contribution in [2.45, 2.75) is 135 Å². The smallest absolute Gasteiger partial charge is 0.234 e. The highest BCUT2D eigenvalue weighted by molar-refractivity contribution is 5.85. The SMILES string of the molecule is CCCN(CCC)C(=O)C1CC(C(N)=O)CC(C(=O)NC(CC2CCC(O)CC2)C(O)CN(C)NC(=O)CC2CCCCC2)C1. The molecule has 3 fully saturated rings. The Labute approximate surface area is 270 Å². The van der Waals surface area contributed by atoms with Gasteiger partial charge in [-0.05, 0) is 88.9 Å². The number of carbonyl (C=O) groups is 4. The summed E-state index contributed by atoms with van der Waals surface area (Å²) in [6.07, 6.45) is 11.1. The van der Waals surface area contributed by atoms with Gasteiger partial charge >= 0.3 is 0 Å². The Hall–Kier alpha value is -2.24. The Bertz CT molecular complexity index is 945. The van der Waals surface area contributed by atoms with E-state index < -0.39 is 35.8 Å². The standard InChI is InChI=1S/C34H61N5O6/c1-4-15-39(16-5-2)34(45)27-20-25(32(35)43)19-26(21-27)33(44)36-29(17-24-11-13-28(40)14-12-24)30(41)22-38(3)37-31(42)18-23-9-7-6-8-10-23/h23-30,40-41H,4-22H2,1-3H3,(H2,35,43)(H,36,44)(H,37,42). The summed E-state index contributed by atoms with van der Waals surface area (Å²) in [5.74, 6) is -1.83. The number of primary amides is 1. The lowest BCUT2D eigenvalue weighted by atomic mass is 9.73. The van der Waals surface area contributed by atoms with Crippen molar-refractivity contribution in [3.05, 3.63) is 0 Å². The number of amides is 4. The van der Waals surface area contributed by atoms with Crippen molar-refractivity contribution in [1.29, 1.82) is 0 Å². The minimum atomic E-state index is -0.960. The van der Waals surface area contributed by atoms with Crippen LogP contribution in [0.5, 0.6) is 0 Å². The number of aliphatic hydroxyl groups is 2. The van der Waals surface area contributed by atoms with Gasteiger partial charge in [-0.25, -0.2) is 5.01 Å². The minimum absolute atomic E-state index is 0.0228. The molecule has 5 atom stereocenters. The Morgan fingerprint density at radius 3 is 2.04 bits per heavy atom. The third-order valence-corrected chi connectivity index (χ3v) is 10.3. The first-order chi connectivity index (χ1) is 21.5. The summed E-state index contributed by atoms with van der Waals surface area (Å²) >= 11 is 0. The average Bonchev–Trinajstić information content (AvgIpc) is 3.01. The normalized spacial score (nSPS) is 27.4. The maximum absolute atomic E-state index is 13.8. The molecule has 0 saturated heterocycles. The molecule has 0 aromatic heterocycles. The molecule has 0 aromatic carbocycles. The number of hydrogen-bond acceptors (Lipinski definition) is 7. The molecule has 4 amide bonds. The highest BCUT2D eigenvalue weighted by Gasteiger charge is 2.40. The molecule has 0 spiro atoms. The second kappa shape index (κ2) is 18.8. The van der Waals surface area contributed by atoms with E-state index in [4.69, 9.17) is 5.73 Å². The van der Waals surface area contributed by atoms with Crippen molar-refractivity contribution in [2.75, 3.05) is 26.7 Å². The van der Waals surface area contributed by atoms with Crippen LogP contribution in [0.15, 0.2) is 0 Å². The lowest BCUT2D eigenvalue weighted by molar-refractivity contribution is -0.141. The van der Waals surface area contributed by atoms with Crippen LogP contribution < -0.4 is 16.5 Å². The van der Waals surface area contributed by atoms with E-state index in [0.29, 0.717) is 57.5 Å². The van der Waals surface area contributed by atoms with Gasteiger partial charge in [0.25, 0.3) is 0 Å². The second-order valence-corrected chi connectivity index (χ2v) is 14.2. The lowest BCUT2D eigenvalue weighted by Crippen LogP contribution is -2.54. The predicted molar refractivity (Wildman–Crippen MR) is 173 cm³/mol. The zero-order valence-electron chi connectivity index (χ0n) is 28.1. The van der Waals surface area contributed by atoms with Gasteiger partial charge in [0.1, 0.15) is 0 Å². The molecule has 45 heavy (non-hydrogen) atoms. The zero-order valence-corrected chi connectivity index (χ0v) is 28.1. The van der Waals surface area contributed by atoms with Crippen LogP contribution in [0.25, 0.3) is 0 Å². The summed E-state index contributed by atoms with van der Waals surface area (Å²) in [6.45, 7) is 5.46. The van der Waals surface area contributed by atoms with E-state index in [9.17, 15) is 29.4 Å². The van der Waals surface area contributed by atoms with Crippen LogP contribution in [-0.4, -0.2) is 88.7 Å². The maximum atomic E-state index is 13.8. The second-order valence-electron chi connectivity index (χ2n) is 14.2. The van der Waals surface area contributed by atoms with Crippen LogP contribution in [0.2, 0.25) is 0 Å². The summed E-state index contributed by atoms with van der Waals surface area (Å²) in [5, 5.41) is 26.1. The van der Waals surface area contributed by atoms with E-state index in [2.05, 4.69) is 10.7 Å². The minimum Gasteiger partial charge on any atom is -0.393 e. The first kappa shape index (κ1) is 37.2. The number of carbonyl (C=O) groups excluding carboxylic acids is 4. The van der Waals surface area contributed by atoms with Gasteiger partial charge in [-0.15, -0.1) is 0 Å². The number of nitrogens with two attached hydrogens (primary N) is 1. The molecule has 0 radical (unpaired) electrons. The number of hydrazine groups is 1. The Morgan fingerprint density at radius 1 is 0.844 bits per heavy atom. The Balaban J connectivity index is 1.68. The number of aliphatic hydroxyl groups excluding tert-OH is 2. The van der Waals surface area contributed by atoms with Crippen molar-refractivity contribution in [2.24, 2.45) is 35.3 Å². The molecular formula is C34H61N5O6. The number of hydrogen-bond donors (Lipinski definition) is 5. The molecule has 0 bridgehead atoms. The monoisotopic (exact) mass is 635 g/mol. The van der Waals surface area contributed by atoms with Crippen molar-refractivity contribution in [1.82, 2.24) is 20.7 Å². The first-order valence-electron chi connectivity index (χ1n) is 17.8. The molecule has 11 heteroatoms. The summed E-state index contributed by atoms with van der Waals surface area (Å²) in [4.78, 5) is 54.2. The zero-order chi connectivity index (χ0) is 32.9. The first-order valence-corrected chi connectivity index (χ1v) is 17.8. The van der Waals surface area contributed by atoms with E-state index in [1.807, 2.05) is 18.7 Å². The van der Waals surface area contributed by atoms with Gasteiger partial charge in [-0.3, -0.25) is 24.6 Å². The average molecular weight is 636 g/mol. The van der Waals surface area contributed by atoms with Crippen molar-refractivity contribution in [3.63, 3.8) is 0 Å². The topological polar surface area (TPSA) is 165 Å². The van der Waals surface area contributed by atoms with E-state index >= 15 is 0 Å². The van der Waals surface area contributed by atoms with Gasteiger partial charge in [0.2, 0.25) is 23.6 Å². The number of nitrogens with zero attached hydrogens (tertiary/aromatic N) is 2. The van der Waals surface area contributed by atoms with Crippen LogP contribution in [0.4, 0.5) is 0 Å². The van der Waals surface area contributed by atoms with E-state index in [-0.39, 0.29) is 42.7 Å². The van der Waals surface area contributed by atoms with Crippen LogP contribution in [0, 0.1) is 29.6 Å². The van der Waals surface area contributed by atoms with E-state index in [1.54, 1.807) is 12.1 Å². The van der Waals surface area contributed by atoms with Gasteiger partial charge in [0.15, 0.2) is 0 Å². The molecule has 258 valence electrons. The Kier molecular flexibility index (Phi) is 15.5. The van der Waals surface area contributed by atoms with E-state index in [0.717, 1.165) is 51.4 Å². The molecule has 11 nitrogen and oxygen atoms in total. The van der Waals surface area contributed by atoms with Crippen LogP contribution in [0.1, 0.15) is 117 Å². The van der Waals surface area contributed by atoms with Crippen molar-refractivity contribution >= 4 is 23.6 Å². The van der Waals surface area contributed by atoms with Crippen LogP contribution in [-0.2, 0) is 19.2 Å². The van der Waals surface area contributed by atoms with Crippen LogP contribution in [0.3, 0.4) is 0 Å². The summed E-state index contributed by atoms with van der Waals surface area (Å²) in [5.41, 5.74) is 8.63. The molecule has 5 unspecified atom stereocenters. The predicted octanol–water partition coefficient (Wildman–Crippen LogP) is 2.87. The molecule has 3 aliphatic rings. The quantitative estimate of drug-likeness (QED) is 0.163. The van der Waals surface area contributed by atoms with Gasteiger partial charge in [0, 0.05) is 50.9 Å². The summed E-state index contributed by atoms with van der Waals surface area (Å²) in [7, 11) is 1.73. The fourth-order valence-electron chi connectivity index (χ4n) is 7.82. The van der Waals surface area contributed by atoms with Crippen LogP contribution >= 0.6 is 0 Å². The van der Waals surface area contributed by atoms with Gasteiger partial charge in [-0.1, -0.05) is 33.1 Å². The van der Waals surface area contributed by atoms with Gasteiger partial charge in [-0.2, -0.15) is 0 Å². The number of nitrogens with one attached hydrogen (secondary N) is 2. The van der Waals surface area contributed by atoms with Crippen molar-refractivity contribution in [3.8, 4) is 0 Å². The van der Waals surface area contributed by atoms with Gasteiger partial charge < -0.3 is 26.2 Å². The largest absolute Gasteiger partial charge is 0.393 e. The summed E-state index contributed by atoms with van der Waals surface area (Å²) in [6, 6.07) is -0.588. The summed E-state index contributed by atoms with van der Waals surface area (Å²) < 4.78 is 0. The fourth-order valence-corrected chi connectivity index (χ4v) is 7.82. The van der Waals surface area contributed by atoms with Gasteiger partial charge in [0.05, 0.1) is 18.2 Å². The molecule has 0 heterocycles. The molecule has 3 rings (SSSR count). The number of rotatable bonds is 16. The molecule has 3 aliphatic carbocycles. The lowest BCUT2D eigenvalue weighted by Gasteiger charge is -2.37. The molecule has 6 N–H and O–H groups in total. The molecular weight excluding hydrogens is 574 g/mol. The third kappa shape index (κ3) is 12.1. The molecule has 3 saturated carbocycles. The van der Waals surface area contributed by atoms with Crippen molar-refractivity contribution < 1.29 is 29.4 Å².